The van der Waals surface area contributed by atoms with Crippen LogP contribution in [0.25, 0.3) is 0 Å². The van der Waals surface area contributed by atoms with Crippen molar-refractivity contribution in [1.29, 1.82) is 0 Å². The van der Waals surface area contributed by atoms with Gasteiger partial charge in [-0.25, -0.2) is 8.78 Å². The summed E-state index contributed by atoms with van der Waals surface area (Å²) in [4.78, 5) is 107. The van der Waals surface area contributed by atoms with E-state index >= 15 is 0 Å². The monoisotopic (exact) mass is 1530 g/mol. The highest BCUT2D eigenvalue weighted by molar-refractivity contribution is 7.86. The van der Waals surface area contributed by atoms with Crippen LogP contribution in [0.1, 0.15) is 218 Å². The molecule has 8 rings (SSSR count). The second-order valence-corrected chi connectivity index (χ2v) is 32.4. The van der Waals surface area contributed by atoms with Crippen LogP contribution in [0.5, 0.6) is 5.75 Å². The van der Waals surface area contributed by atoms with Crippen molar-refractivity contribution in [2.45, 2.75) is 246 Å². The van der Waals surface area contributed by atoms with Crippen molar-refractivity contribution in [3.05, 3.63) is 92.9 Å². The second-order valence-electron chi connectivity index (χ2n) is 29.9. The highest BCUT2D eigenvalue weighted by Gasteiger charge is 2.48. The lowest BCUT2D eigenvalue weighted by atomic mass is 9.93. The van der Waals surface area contributed by atoms with Gasteiger partial charge in [0, 0.05) is 62.6 Å². The molecule has 2 aliphatic heterocycles. The van der Waals surface area contributed by atoms with E-state index in [1.165, 1.54) is 55.8 Å². The first-order valence-electron chi connectivity index (χ1n) is 35.9. The number of hydrogen-bond acceptors (Lipinski definition) is 22. The van der Waals surface area contributed by atoms with Crippen molar-refractivity contribution in [2.75, 3.05) is 46.8 Å². The quantitative estimate of drug-likeness (QED) is 0.0217. The number of methoxy groups -OCH3 is 2. The minimum atomic E-state index is -3.76. The van der Waals surface area contributed by atoms with Crippen LogP contribution < -0.4 is 11.2 Å². The van der Waals surface area contributed by atoms with E-state index in [4.69, 9.17) is 44.2 Å². The van der Waals surface area contributed by atoms with Gasteiger partial charge in [-0.15, -0.1) is 9.24 Å². The third-order valence-corrected chi connectivity index (χ3v) is 18.6. The number of halogens is 2. The number of aliphatic carboxylic acids is 1. The zero-order chi connectivity index (χ0) is 79.9. The van der Waals surface area contributed by atoms with Gasteiger partial charge in [-0.05, 0) is 182 Å². The van der Waals surface area contributed by atoms with Crippen molar-refractivity contribution in [3.63, 3.8) is 0 Å². The van der Waals surface area contributed by atoms with Crippen LogP contribution in [0.15, 0.2) is 58.4 Å². The molecule has 29 heteroatoms. The maximum absolute atomic E-state index is 13.9. The molecule has 0 radical (unpaired) electrons. The Labute approximate surface area is 621 Å². The summed E-state index contributed by atoms with van der Waals surface area (Å²) in [7, 11) is 1.46. The van der Waals surface area contributed by atoms with Gasteiger partial charge in [0.25, 0.3) is 16.0 Å². The summed E-state index contributed by atoms with van der Waals surface area (Å²) in [6.45, 7) is 26.4. The van der Waals surface area contributed by atoms with E-state index in [-0.39, 0.29) is 158 Å². The number of pyridine rings is 1. The van der Waals surface area contributed by atoms with E-state index < -0.39 is 73.6 Å². The van der Waals surface area contributed by atoms with Crippen LogP contribution in [0, 0.1) is 60.0 Å². The van der Waals surface area contributed by atoms with Gasteiger partial charge < -0.3 is 64.0 Å². The Morgan fingerprint density at radius 1 is 0.733 bits per heavy atom. The van der Waals surface area contributed by atoms with Gasteiger partial charge >= 0.3 is 35.8 Å². The zero-order valence-corrected chi connectivity index (χ0v) is 66.3. The molecule has 1 unspecified atom stereocenters. The van der Waals surface area contributed by atoms with Crippen molar-refractivity contribution in [2.24, 2.45) is 47.2 Å². The molecule has 1 aromatic heterocycles. The molecule has 1 saturated heterocycles. The minimum absolute atomic E-state index is 0.0245. The second kappa shape index (κ2) is 45.1. The Bertz CT molecular complexity index is 3460. The number of aliphatic hydroxyl groups is 2. The van der Waals surface area contributed by atoms with Crippen LogP contribution in [-0.4, -0.2) is 168 Å². The summed E-state index contributed by atoms with van der Waals surface area (Å²) < 4.78 is 87.8. The number of nitrogens with two attached hydrogens (primary N) is 1. The number of carbonyl (C=O) groups is 8. The van der Waals surface area contributed by atoms with E-state index in [1.807, 2.05) is 76.2 Å². The summed E-state index contributed by atoms with van der Waals surface area (Å²) >= 11 is 0. The van der Waals surface area contributed by atoms with Gasteiger partial charge in [0.2, 0.25) is 5.43 Å². The summed E-state index contributed by atoms with van der Waals surface area (Å²) in [6.07, 6.45) is 12.0. The fraction of sp³-hybridized carbons (Fsp3) is 0.671. The van der Waals surface area contributed by atoms with Crippen molar-refractivity contribution >= 4 is 66.9 Å². The third-order valence-electron chi connectivity index (χ3n) is 17.3. The number of ether oxygens (including phenoxy) is 6. The van der Waals surface area contributed by atoms with Crippen molar-refractivity contribution in [3.8, 4) is 5.75 Å². The summed E-state index contributed by atoms with van der Waals surface area (Å²) in [6, 6.07) is 9.88. The van der Waals surface area contributed by atoms with Crippen LogP contribution in [0.2, 0.25) is 0 Å². The standard InChI is InChI=1S/C23H22F2N2O5.C17H26O5S.C12H20O4.C11H20O4.C6H13NO.C5H10O3.C2H7P/c24-14-6-4-12(16(25)8-14)5-7-18(28)15-9-26-10-19-27(17-3-1-2-13(17)11-32-19)23(31)20(26)22(30)21(15)29;1-13-6-9-15(10-7-13)23(19,20)21-12-14(2)8-11-16(18)22-17(3,4)5;1-12(2,3)16-10(13)7-8-5-4-6-9(8)11(14)15;1-8(10(13)14-5)6-7-9(12)15-11(2,3)4;7-6-3-1-2-5(6)4-8;1-4(3-6)5(7)8-2;1-2-3/h4,6,8-9,13,17,19,30H,1-3,5,7,10-11H2;6-7,9-10,14H,8,11-12H2,1-5H3;8-9H,4-7H2,1-3H3,(H,14,15);8H,6-7H2,1-5H3;5-6,8H,1-4,7H2;4,6H,3H2,1-2H3;2-3H2,1H3/t13-,17-,19+;14-;8-,9-;8-;5-,6-;4-;/m001000./s1. The first kappa shape index (κ1) is 94.3. The number of nitrogens with zero attached hydrogens (tertiary/aromatic N) is 2. The Morgan fingerprint density at radius 3 is 1.76 bits per heavy atom. The molecule has 3 aliphatic carbocycles. The molecule has 1 amide bonds. The average molecular weight is 1530 g/mol. The fourth-order valence-electron chi connectivity index (χ4n) is 11.8. The number of hydrogen-bond donors (Lipinski definition) is 5. The summed E-state index contributed by atoms with van der Waals surface area (Å²) in [5.41, 5.74) is 3.96. The molecular formula is C76H118F2N3O22PS. The number of ketones is 1. The molecule has 3 saturated carbocycles. The lowest BCUT2D eigenvalue weighted by Gasteiger charge is -2.46. The molecule has 11 atom stereocenters. The van der Waals surface area contributed by atoms with E-state index in [0.29, 0.717) is 31.8 Å². The van der Waals surface area contributed by atoms with E-state index in [1.54, 1.807) is 30.9 Å². The number of aromatic nitrogens is 1. The topological polar surface area (TPSA) is 367 Å². The molecule has 6 N–H and O–H groups in total. The molecule has 0 bridgehead atoms. The average Bonchev–Trinajstić information content (AvgIpc) is 1.69. The molecule has 3 aromatic rings. The SMILES string of the molecule is CC(C)(C)OC(=O)C[C@H]1CCC[C@H]1C(=O)O.CCP.COC(=O)[C@@H](C)CCC(=O)OC(C)(C)C.COC(=O)[C@@H](C)CO.Cc1ccc(S(=O)(=O)OC[C@@H](C)CCC(=O)OC(C)(C)C)cc1.N[C@H]1CCC[C@H]1CO.O=C(CCc1ccc(F)cc1F)c1cn2c(c(O)c1=O)C(=O)N1[C@@H](C2)OC[C@@H]2CCC[C@@H]21. The van der Waals surface area contributed by atoms with Gasteiger partial charge in [0.1, 0.15) is 28.4 Å². The van der Waals surface area contributed by atoms with Crippen LogP contribution in [-0.2, 0) is 84.5 Å². The predicted octanol–water partition coefficient (Wildman–Crippen LogP) is 11.0. The van der Waals surface area contributed by atoms with E-state index in [0.717, 1.165) is 62.6 Å². The number of carbonyl (C=O) groups excluding carboxylic acids is 7. The van der Waals surface area contributed by atoms with Crippen LogP contribution >= 0.6 is 9.24 Å². The highest BCUT2D eigenvalue weighted by Crippen LogP contribution is 2.40. The molecule has 25 nitrogen and oxygen atoms in total. The summed E-state index contributed by atoms with van der Waals surface area (Å²) in [5.74, 6) is -6.10. The molecule has 4 fully saturated rings. The molecular weight excluding hydrogens is 1410 g/mol. The number of rotatable bonds is 21. The number of fused-ring (bicyclic) bond motifs is 4. The Balaban J connectivity index is 0.000000453. The summed E-state index contributed by atoms with van der Waals surface area (Å²) in [5, 5.41) is 36.5. The first-order chi connectivity index (χ1) is 48.9. The first-order valence-corrected chi connectivity index (χ1v) is 38.2. The number of benzene rings is 2. The minimum Gasteiger partial charge on any atom is -0.503 e. The molecule has 105 heavy (non-hydrogen) atoms. The lowest BCUT2D eigenvalue weighted by Crippen LogP contribution is -2.59. The Hall–Kier alpha value is -6.81. The number of Topliss-reactive ketones (excluding diaryl/α,β-unsaturated/α-hetero) is 1. The Kier molecular flexibility index (Phi) is 40.5. The maximum atomic E-state index is 13.9. The zero-order valence-electron chi connectivity index (χ0n) is 64.3. The van der Waals surface area contributed by atoms with Gasteiger partial charge in [0.15, 0.2) is 23.5 Å². The van der Waals surface area contributed by atoms with E-state index in [2.05, 4.69) is 25.6 Å². The lowest BCUT2D eigenvalue weighted by molar-refractivity contribution is -0.158. The Morgan fingerprint density at radius 2 is 1.27 bits per heavy atom. The van der Waals surface area contributed by atoms with Gasteiger partial charge in [-0.3, -0.25) is 47.3 Å². The van der Waals surface area contributed by atoms with E-state index in [9.17, 15) is 65.5 Å². The molecule has 0 spiro atoms. The molecule has 594 valence electrons. The fourth-order valence-corrected chi connectivity index (χ4v) is 12.8. The molecule has 5 aliphatic rings. The largest absolute Gasteiger partial charge is 0.503 e. The number of aliphatic hydroxyl groups excluding tert-OH is 2. The number of amides is 1. The maximum Gasteiger partial charge on any atom is 0.310 e. The van der Waals surface area contributed by atoms with Crippen LogP contribution in [0.3, 0.4) is 0 Å². The molecule has 3 heterocycles. The smallest absolute Gasteiger partial charge is 0.310 e. The normalized spacial score (nSPS) is 20.2. The van der Waals surface area contributed by atoms with Crippen molar-refractivity contribution in [1.82, 2.24) is 9.47 Å². The molecule has 2 aromatic carbocycles. The number of carboxylic acid groups (broad SMARTS) is 1. The highest BCUT2D eigenvalue weighted by atomic mass is 32.2. The van der Waals surface area contributed by atoms with Crippen molar-refractivity contribution < 1.29 is 109 Å². The van der Waals surface area contributed by atoms with Crippen LogP contribution in [0.4, 0.5) is 8.78 Å². The van der Waals surface area contributed by atoms with Gasteiger partial charge in [0.05, 0.1) is 68.8 Å². The number of carboxylic acids is 1. The van der Waals surface area contributed by atoms with Gasteiger partial charge in [-0.2, -0.15) is 8.42 Å². The predicted molar refractivity (Wildman–Crippen MR) is 393 cm³/mol. The third kappa shape index (κ3) is 33.9. The number of aryl methyl sites for hydroxylation is 2. The number of aromatic hydroxyl groups is 1. The number of esters is 5. The van der Waals surface area contributed by atoms with Gasteiger partial charge in [-0.1, -0.05) is 63.8 Å².